The van der Waals surface area contributed by atoms with Crippen molar-refractivity contribution in [3.8, 4) is 0 Å². The van der Waals surface area contributed by atoms with Gasteiger partial charge in [0.05, 0.1) is 11.5 Å². The zero-order valence-electron chi connectivity index (χ0n) is 11.6. The lowest BCUT2D eigenvalue weighted by Gasteiger charge is -2.15. The Hall–Kier alpha value is -0.950. The lowest BCUT2D eigenvalue weighted by molar-refractivity contribution is 0.180. The van der Waals surface area contributed by atoms with Crippen molar-refractivity contribution in [2.24, 2.45) is 5.73 Å². The fourth-order valence-electron chi connectivity index (χ4n) is 1.76. The van der Waals surface area contributed by atoms with E-state index in [-0.39, 0.29) is 17.0 Å². The standard InChI is InChI=1S/C13H22N2O3S/c1-4-13(14)11-6-5-7-12(8-11)19(16,17)15-10(2)9-18-3/h5-8,10,13,15H,4,9,14H2,1-3H3. The lowest BCUT2D eigenvalue weighted by atomic mass is 10.1. The molecule has 0 bridgehead atoms. The van der Waals surface area contributed by atoms with Crippen LogP contribution in [0.5, 0.6) is 0 Å². The average Bonchev–Trinajstić information content (AvgIpc) is 2.37. The van der Waals surface area contributed by atoms with Crippen LogP contribution in [0.25, 0.3) is 0 Å². The molecule has 0 saturated heterocycles. The van der Waals surface area contributed by atoms with Gasteiger partial charge in [0.25, 0.3) is 0 Å². The molecule has 1 aromatic carbocycles. The van der Waals surface area contributed by atoms with Crippen molar-refractivity contribution in [3.63, 3.8) is 0 Å². The third kappa shape index (κ3) is 4.58. The Labute approximate surface area is 115 Å². The number of ether oxygens (including phenoxy) is 1. The molecule has 0 radical (unpaired) electrons. The van der Waals surface area contributed by atoms with Gasteiger partial charge in [0.2, 0.25) is 10.0 Å². The smallest absolute Gasteiger partial charge is 0.240 e. The van der Waals surface area contributed by atoms with Crippen molar-refractivity contribution in [2.45, 2.75) is 37.2 Å². The minimum absolute atomic E-state index is 0.147. The molecule has 5 nitrogen and oxygen atoms in total. The van der Waals surface area contributed by atoms with Crippen molar-refractivity contribution in [1.29, 1.82) is 0 Å². The maximum Gasteiger partial charge on any atom is 0.240 e. The second kappa shape index (κ2) is 7.00. The molecule has 0 aliphatic rings. The van der Waals surface area contributed by atoms with E-state index in [4.69, 9.17) is 10.5 Å². The first-order valence-electron chi connectivity index (χ1n) is 6.27. The van der Waals surface area contributed by atoms with E-state index in [9.17, 15) is 8.42 Å². The molecule has 1 rings (SSSR count). The molecule has 0 aromatic heterocycles. The summed E-state index contributed by atoms with van der Waals surface area (Å²) in [7, 11) is -2.00. The van der Waals surface area contributed by atoms with Gasteiger partial charge in [-0.25, -0.2) is 13.1 Å². The summed E-state index contributed by atoms with van der Waals surface area (Å²) in [5, 5.41) is 0. The number of sulfonamides is 1. The Morgan fingerprint density at radius 3 is 2.68 bits per heavy atom. The highest BCUT2D eigenvalue weighted by atomic mass is 32.2. The Kier molecular flexibility index (Phi) is 5.93. The van der Waals surface area contributed by atoms with Gasteiger partial charge in [0.15, 0.2) is 0 Å². The first-order valence-corrected chi connectivity index (χ1v) is 7.75. The second-order valence-electron chi connectivity index (χ2n) is 4.56. The van der Waals surface area contributed by atoms with E-state index >= 15 is 0 Å². The van der Waals surface area contributed by atoms with E-state index < -0.39 is 10.0 Å². The van der Waals surface area contributed by atoms with Crippen molar-refractivity contribution < 1.29 is 13.2 Å². The van der Waals surface area contributed by atoms with Gasteiger partial charge >= 0.3 is 0 Å². The third-order valence-corrected chi connectivity index (χ3v) is 4.40. The van der Waals surface area contributed by atoms with E-state index in [1.807, 2.05) is 13.0 Å². The molecule has 2 unspecified atom stereocenters. The zero-order valence-corrected chi connectivity index (χ0v) is 12.4. The maximum atomic E-state index is 12.2. The molecule has 6 heteroatoms. The summed E-state index contributed by atoms with van der Waals surface area (Å²) in [6.45, 7) is 4.04. The largest absolute Gasteiger partial charge is 0.383 e. The molecular formula is C13H22N2O3S. The first kappa shape index (κ1) is 16.1. The van der Waals surface area contributed by atoms with Crippen molar-refractivity contribution in [2.75, 3.05) is 13.7 Å². The first-order chi connectivity index (χ1) is 8.90. The normalized spacial score (nSPS) is 15.2. The molecule has 0 heterocycles. The van der Waals surface area contributed by atoms with Gasteiger partial charge in [0.1, 0.15) is 0 Å². The number of hydrogen-bond donors (Lipinski definition) is 2. The molecule has 19 heavy (non-hydrogen) atoms. The van der Waals surface area contributed by atoms with Crippen LogP contribution in [-0.4, -0.2) is 28.2 Å². The van der Waals surface area contributed by atoms with E-state index in [0.717, 1.165) is 12.0 Å². The number of nitrogens with one attached hydrogen (secondary N) is 1. The number of rotatable bonds is 7. The van der Waals surface area contributed by atoms with Gasteiger partial charge in [-0.15, -0.1) is 0 Å². The SMILES string of the molecule is CCC(N)c1cccc(S(=O)(=O)NC(C)COC)c1. The molecular weight excluding hydrogens is 264 g/mol. The molecule has 108 valence electrons. The van der Waals surface area contributed by atoms with Crippen LogP contribution < -0.4 is 10.5 Å². The Bertz CT molecular complexity index is 502. The predicted molar refractivity (Wildman–Crippen MR) is 75.3 cm³/mol. The van der Waals surface area contributed by atoms with E-state index in [0.29, 0.717) is 6.61 Å². The zero-order chi connectivity index (χ0) is 14.5. The number of nitrogens with two attached hydrogens (primary N) is 1. The monoisotopic (exact) mass is 286 g/mol. The topological polar surface area (TPSA) is 81.4 Å². The molecule has 0 spiro atoms. The summed E-state index contributed by atoms with van der Waals surface area (Å²) in [5.74, 6) is 0. The Morgan fingerprint density at radius 1 is 1.42 bits per heavy atom. The number of hydrogen-bond acceptors (Lipinski definition) is 4. The van der Waals surface area contributed by atoms with Crippen LogP contribution in [-0.2, 0) is 14.8 Å². The summed E-state index contributed by atoms with van der Waals surface area (Å²) in [5.41, 5.74) is 6.74. The van der Waals surface area contributed by atoms with Gasteiger partial charge < -0.3 is 10.5 Å². The van der Waals surface area contributed by atoms with Crippen molar-refractivity contribution in [3.05, 3.63) is 29.8 Å². The van der Waals surface area contributed by atoms with E-state index in [2.05, 4.69) is 4.72 Å². The molecule has 0 amide bonds. The highest BCUT2D eigenvalue weighted by Gasteiger charge is 2.18. The Morgan fingerprint density at radius 2 is 2.11 bits per heavy atom. The maximum absolute atomic E-state index is 12.2. The lowest BCUT2D eigenvalue weighted by Crippen LogP contribution is -2.35. The van der Waals surface area contributed by atoms with E-state index in [1.165, 1.54) is 7.11 Å². The molecule has 2 atom stereocenters. The van der Waals surface area contributed by atoms with Crippen molar-refractivity contribution >= 4 is 10.0 Å². The molecule has 0 aliphatic heterocycles. The molecule has 0 saturated carbocycles. The van der Waals surface area contributed by atoms with Crippen LogP contribution >= 0.6 is 0 Å². The number of methoxy groups -OCH3 is 1. The van der Waals surface area contributed by atoms with Crippen LogP contribution in [0.1, 0.15) is 31.9 Å². The molecule has 0 aliphatic carbocycles. The van der Waals surface area contributed by atoms with Gasteiger partial charge in [-0.3, -0.25) is 0 Å². The van der Waals surface area contributed by atoms with Crippen LogP contribution in [0.2, 0.25) is 0 Å². The highest BCUT2D eigenvalue weighted by Crippen LogP contribution is 2.18. The van der Waals surface area contributed by atoms with E-state index in [1.54, 1.807) is 25.1 Å². The van der Waals surface area contributed by atoms with Gasteiger partial charge in [-0.2, -0.15) is 0 Å². The summed E-state index contributed by atoms with van der Waals surface area (Å²) < 4.78 is 31.8. The van der Waals surface area contributed by atoms with Gasteiger partial charge in [-0.1, -0.05) is 19.1 Å². The van der Waals surface area contributed by atoms with Crippen LogP contribution in [0.15, 0.2) is 29.2 Å². The summed E-state index contributed by atoms with van der Waals surface area (Å²) in [6, 6.07) is 6.31. The Balaban J connectivity index is 2.95. The van der Waals surface area contributed by atoms with Crippen molar-refractivity contribution in [1.82, 2.24) is 4.72 Å². The van der Waals surface area contributed by atoms with Crippen LogP contribution in [0.4, 0.5) is 0 Å². The number of benzene rings is 1. The van der Waals surface area contributed by atoms with Crippen LogP contribution in [0, 0.1) is 0 Å². The predicted octanol–water partition coefficient (Wildman–Crippen LogP) is 1.41. The second-order valence-corrected chi connectivity index (χ2v) is 6.28. The average molecular weight is 286 g/mol. The molecule has 1 aromatic rings. The quantitative estimate of drug-likeness (QED) is 0.794. The summed E-state index contributed by atoms with van der Waals surface area (Å²) in [6.07, 6.45) is 0.761. The van der Waals surface area contributed by atoms with Gasteiger partial charge in [-0.05, 0) is 31.0 Å². The third-order valence-electron chi connectivity index (χ3n) is 2.81. The summed E-state index contributed by atoms with van der Waals surface area (Å²) >= 11 is 0. The molecule has 3 N–H and O–H groups in total. The minimum atomic E-state index is -3.53. The minimum Gasteiger partial charge on any atom is -0.383 e. The van der Waals surface area contributed by atoms with Crippen LogP contribution in [0.3, 0.4) is 0 Å². The highest BCUT2D eigenvalue weighted by molar-refractivity contribution is 7.89. The summed E-state index contributed by atoms with van der Waals surface area (Å²) in [4.78, 5) is 0.233. The fourth-order valence-corrected chi connectivity index (χ4v) is 3.05. The van der Waals surface area contributed by atoms with Gasteiger partial charge in [0, 0.05) is 19.2 Å². The molecule has 0 fully saturated rings. The fraction of sp³-hybridized carbons (Fsp3) is 0.538.